The lowest BCUT2D eigenvalue weighted by molar-refractivity contribution is -0.155. The molecule has 0 aliphatic heterocycles. The van der Waals surface area contributed by atoms with E-state index in [2.05, 4.69) is 41.9 Å². The predicted molar refractivity (Wildman–Crippen MR) is 348 cm³/mol. The molecule has 26 nitrogen and oxygen atoms in total. The number of Topliss-reactive ketones (excluding diaryl/α,β-unsaturated/α-hetero) is 6. The molecule has 2 aromatic heterocycles. The van der Waals surface area contributed by atoms with Gasteiger partial charge in [-0.15, -0.1) is 23.2 Å². The van der Waals surface area contributed by atoms with Crippen LogP contribution in [0.5, 0.6) is 11.5 Å². The number of carbonyl (C=O) groups excluding carboxylic acids is 13. The van der Waals surface area contributed by atoms with Crippen molar-refractivity contribution < 1.29 is 87.2 Å². The molecule has 0 saturated heterocycles. The number of aromatic nitrogens is 2. The molecule has 0 radical (unpaired) electrons. The van der Waals surface area contributed by atoms with Crippen LogP contribution in [0.3, 0.4) is 0 Å². The van der Waals surface area contributed by atoms with Gasteiger partial charge in [-0.3, -0.25) is 67.1 Å². The smallest absolute Gasteiger partial charge is 0.306 e. The maximum atomic E-state index is 13.1. The van der Waals surface area contributed by atoms with Crippen LogP contribution in [-0.4, -0.2) is 156 Å². The van der Waals surface area contributed by atoms with Crippen molar-refractivity contribution in [1.82, 2.24) is 31.2 Å². The van der Waals surface area contributed by atoms with Gasteiger partial charge in [0.25, 0.3) is 0 Å². The summed E-state index contributed by atoms with van der Waals surface area (Å²) < 4.78 is 5.27. The average molecular weight is 1370 g/mol. The lowest BCUT2D eigenvalue weighted by Gasteiger charge is -2.22. The molecule has 8 atom stereocenters. The number of benzene rings is 2. The summed E-state index contributed by atoms with van der Waals surface area (Å²) >= 11 is 11.7. The fourth-order valence-corrected chi connectivity index (χ4v) is 9.53. The molecule has 0 fully saturated rings. The first kappa shape index (κ1) is 80.8. The minimum Gasteiger partial charge on any atom is -0.508 e. The van der Waals surface area contributed by atoms with Crippen LogP contribution >= 0.6 is 45.9 Å². The number of rotatable bonds is 38. The van der Waals surface area contributed by atoms with Crippen LogP contribution in [0.25, 0.3) is 0 Å². The highest BCUT2D eigenvalue weighted by atomic mass is 35.5. The van der Waals surface area contributed by atoms with Crippen molar-refractivity contribution in [3.05, 3.63) is 81.8 Å². The van der Waals surface area contributed by atoms with E-state index in [9.17, 15) is 77.3 Å². The van der Waals surface area contributed by atoms with Crippen molar-refractivity contribution in [3.63, 3.8) is 0 Å². The molecule has 0 aliphatic carbocycles. The van der Waals surface area contributed by atoms with E-state index in [1.165, 1.54) is 64.4 Å². The number of hydrogen-bond donors (Lipinski definition) is 9. The van der Waals surface area contributed by atoms with E-state index in [0.717, 1.165) is 22.7 Å². The second-order valence-electron chi connectivity index (χ2n) is 22.8. The Labute approximate surface area is 556 Å². The van der Waals surface area contributed by atoms with Crippen LogP contribution in [-0.2, 0) is 75.1 Å². The quantitative estimate of drug-likeness (QED) is 0.0131. The number of aliphatic carboxylic acids is 1. The molecular weight excluding hydrogens is 1290 g/mol. The van der Waals surface area contributed by atoms with Gasteiger partial charge in [-0.05, 0) is 82.9 Å². The van der Waals surface area contributed by atoms with Crippen molar-refractivity contribution in [3.8, 4) is 11.5 Å². The summed E-state index contributed by atoms with van der Waals surface area (Å²) in [6.07, 6.45) is 2.54. The van der Waals surface area contributed by atoms with Crippen molar-refractivity contribution in [2.24, 2.45) is 23.7 Å². The van der Waals surface area contributed by atoms with Crippen molar-refractivity contribution >= 4 is 139 Å². The number of ketones is 6. The summed E-state index contributed by atoms with van der Waals surface area (Å²) in [6.45, 7) is 14.1. The molecule has 4 aromatic rings. The highest BCUT2D eigenvalue weighted by Gasteiger charge is 2.31. The summed E-state index contributed by atoms with van der Waals surface area (Å²) in [5.74, 6) is -9.23. The van der Waals surface area contributed by atoms with Crippen LogP contribution in [0.2, 0.25) is 0 Å². The second kappa shape index (κ2) is 41.3. The zero-order chi connectivity index (χ0) is 70.1. The van der Waals surface area contributed by atoms with Crippen LogP contribution in [0.15, 0.2) is 60.9 Å². The van der Waals surface area contributed by atoms with Gasteiger partial charge in [-0.1, -0.05) is 74.6 Å². The largest absolute Gasteiger partial charge is 0.508 e. The molecule has 30 heteroatoms. The highest BCUT2D eigenvalue weighted by Crippen LogP contribution is 2.20. The van der Waals surface area contributed by atoms with Gasteiger partial charge in [-0.2, -0.15) is 0 Å². The zero-order valence-electron chi connectivity index (χ0n) is 53.2. The number of hydrogen-bond acceptors (Lipinski definition) is 23. The molecule has 2 heterocycles. The fourth-order valence-electron chi connectivity index (χ4n) is 8.27. The molecule has 0 unspecified atom stereocenters. The molecule has 0 aliphatic rings. The summed E-state index contributed by atoms with van der Waals surface area (Å²) in [6, 6.07) is 8.22. The first-order valence-electron chi connectivity index (χ1n) is 29.4. The van der Waals surface area contributed by atoms with E-state index in [0.29, 0.717) is 43.7 Å². The number of ether oxygens (including phenoxy) is 1. The van der Waals surface area contributed by atoms with Gasteiger partial charge in [-0.25, -0.2) is 9.97 Å². The fraction of sp³-hybridized carbons (Fsp3) is 0.492. The maximum Gasteiger partial charge on any atom is 0.306 e. The number of carbonyl (C=O) groups is 14. The van der Waals surface area contributed by atoms with E-state index >= 15 is 0 Å². The number of alkyl halides is 2. The van der Waals surface area contributed by atoms with E-state index in [-0.39, 0.29) is 99.3 Å². The van der Waals surface area contributed by atoms with E-state index in [1.807, 2.05) is 0 Å². The topological polar surface area (TPSA) is 407 Å². The lowest BCUT2D eigenvalue weighted by Crippen LogP contribution is -2.46. The normalized spacial score (nSPS) is 13.4. The molecule has 4 rings (SSSR count). The van der Waals surface area contributed by atoms with Gasteiger partial charge in [0.1, 0.15) is 17.1 Å². The number of phenolic OH excluding ortho intramolecular Hbond substituents is 2. The number of amides is 4. The number of carboxylic acids is 1. The molecule has 9 N–H and O–H groups in total. The average Bonchev–Trinajstić information content (AvgIpc) is 2.01. The number of halogens is 2. The third-order valence-electron chi connectivity index (χ3n) is 13.5. The van der Waals surface area contributed by atoms with Gasteiger partial charge in [0.05, 0.1) is 77.6 Å². The third-order valence-corrected chi connectivity index (χ3v) is 15.2. The Bertz CT molecular complexity index is 3210. The number of esters is 1. The summed E-state index contributed by atoms with van der Waals surface area (Å²) in [5.41, 5.74) is 0.583. The van der Waals surface area contributed by atoms with Gasteiger partial charge < -0.3 is 52.0 Å². The molecule has 0 bridgehead atoms. The minimum absolute atomic E-state index is 0.0228. The molecular formula is C63H82Cl2N8O18S2. The van der Waals surface area contributed by atoms with Crippen LogP contribution in [0.1, 0.15) is 144 Å². The standard InChI is InChI=1S/C33H44N4O9S.C29H36N4O9S.CH2Cl2/c1-19(13-24(40)16-34-32-35-17-25(18-38)47-32)30(44)36-21(3)28(42)14-20(2)31(45)37-26(15-22-7-9-23(39)10-8-22)27(41)11-12-29(43)46-33(4,5)6;1-16(10-21(36)13-30-29-31-14-22(15-34)43-29)27(41)32-18(3)25(38)11-17(2)28(42)33-23(24(37)8-9-26(39)40)12-19-4-6-20(35)7-5-19;2-1-3/h7-10,17-21,26,39H,11-16H2,1-6H3,(H,34,35)(H,36,44)(H,37,45);4-7,14-18,23,35H,8-13H2,1-3H3,(H,30,31)(H,32,41)(H,33,42)(H,39,40);1H2/t19-,20-,21+,26+;16-,17-,18+,23+;/m11./s1. The first-order valence-corrected chi connectivity index (χ1v) is 32.1. The van der Waals surface area contributed by atoms with Crippen molar-refractivity contribution in [1.29, 1.82) is 0 Å². The van der Waals surface area contributed by atoms with Gasteiger partial charge in [0.2, 0.25) is 23.6 Å². The Kier molecular flexibility index (Phi) is 35.9. The Morgan fingerprint density at radius 3 is 1.17 bits per heavy atom. The lowest BCUT2D eigenvalue weighted by atomic mass is 9.96. The first-order chi connectivity index (χ1) is 43.7. The van der Waals surface area contributed by atoms with Crippen molar-refractivity contribution in [2.45, 2.75) is 156 Å². The predicted octanol–water partition coefficient (Wildman–Crippen LogP) is 6.54. The Hall–Kier alpha value is -8.34. The van der Waals surface area contributed by atoms with Crippen LogP contribution < -0.4 is 31.9 Å². The third kappa shape index (κ3) is 32.7. The van der Waals surface area contributed by atoms with E-state index in [1.54, 1.807) is 58.9 Å². The van der Waals surface area contributed by atoms with Crippen LogP contribution in [0, 0.1) is 23.7 Å². The van der Waals surface area contributed by atoms with Gasteiger partial charge in [0, 0.05) is 62.2 Å². The molecule has 93 heavy (non-hydrogen) atoms. The molecule has 0 spiro atoms. The van der Waals surface area contributed by atoms with Crippen LogP contribution in [0.4, 0.5) is 10.3 Å². The Balaban J connectivity index is 0.000000610. The number of phenols is 2. The highest BCUT2D eigenvalue weighted by molar-refractivity contribution is 7.17. The number of thiazole rings is 2. The maximum absolute atomic E-state index is 13.1. The number of nitrogens with one attached hydrogen (secondary N) is 6. The monoisotopic (exact) mass is 1370 g/mol. The van der Waals surface area contributed by atoms with Gasteiger partial charge in [0.15, 0.2) is 57.5 Å². The number of aldehydes is 2. The summed E-state index contributed by atoms with van der Waals surface area (Å²) in [4.78, 5) is 181. The number of carboxylic acid groups (broad SMARTS) is 1. The second-order valence-corrected chi connectivity index (χ2v) is 25.8. The Morgan fingerprint density at radius 1 is 0.516 bits per heavy atom. The van der Waals surface area contributed by atoms with Gasteiger partial charge >= 0.3 is 11.9 Å². The molecule has 2 aromatic carbocycles. The van der Waals surface area contributed by atoms with E-state index in [4.69, 9.17) is 33.0 Å². The summed E-state index contributed by atoms with van der Waals surface area (Å²) in [7, 11) is 0. The SMILES string of the molecule is C[C@H](CC(=O)CNc1ncc(C=O)s1)C(=O)N[C@@H](C)C(=O)C[C@@H](C)C(=O)N[C@@H](Cc1ccc(O)cc1)C(=O)CCC(=O)O.C[C@H](CC(=O)CNc1ncc(C=O)s1)C(=O)N[C@@H](C)C(=O)C[C@@H](C)C(=O)N[C@@H](Cc1ccc(O)cc1)C(=O)CCC(=O)OC(C)(C)C.ClCCl. The summed E-state index contributed by atoms with van der Waals surface area (Å²) in [5, 5.41) is 45.1. The minimum atomic E-state index is -1.15. The number of anilines is 2. The Morgan fingerprint density at radius 2 is 0.849 bits per heavy atom. The number of aromatic hydroxyl groups is 2. The van der Waals surface area contributed by atoms with Crippen molar-refractivity contribution in [2.75, 3.05) is 29.1 Å². The molecule has 508 valence electrons. The molecule has 0 saturated carbocycles. The van der Waals surface area contributed by atoms with E-state index < -0.39 is 119 Å². The molecule has 4 amide bonds. The number of nitrogens with zero attached hydrogens (tertiary/aromatic N) is 2. The zero-order valence-corrected chi connectivity index (χ0v) is 56.3.